The van der Waals surface area contributed by atoms with Crippen LogP contribution in [0.2, 0.25) is 4.71 Å². The molecule has 15 rings (SSSR count). The second kappa shape index (κ2) is 26.6. The van der Waals surface area contributed by atoms with Crippen molar-refractivity contribution in [3.63, 3.8) is 0 Å². The van der Waals surface area contributed by atoms with Gasteiger partial charge in [-0.15, -0.1) is 0 Å². The quantitative estimate of drug-likeness (QED) is 0.0927. The molecule has 8 aromatic carbocycles. The van der Waals surface area contributed by atoms with E-state index >= 15 is 0 Å². The summed E-state index contributed by atoms with van der Waals surface area (Å²) >= 11 is 0.0101. The topological polar surface area (TPSA) is 203 Å². The Morgan fingerprint density at radius 3 is 1.62 bits per heavy atom. The molecule has 4 N–H and O–H groups in total. The molecule has 0 bridgehead atoms. The zero-order chi connectivity index (χ0) is 63.2. The Morgan fingerprint density at radius 2 is 1.07 bits per heavy atom. The van der Waals surface area contributed by atoms with E-state index in [1.807, 2.05) is 60.5 Å². The molecule has 0 aliphatic carbocycles. The fourth-order valence-electron chi connectivity index (χ4n) is 12.2. The van der Waals surface area contributed by atoms with Crippen molar-refractivity contribution >= 4 is 109 Å². The number of carbonyl (C=O) groups excluding carboxylic acids is 2. The molecule has 14 aromatic rings. The van der Waals surface area contributed by atoms with Crippen molar-refractivity contribution in [1.29, 1.82) is 5.26 Å². The van der Waals surface area contributed by atoms with Crippen molar-refractivity contribution < 1.29 is 9.59 Å². The van der Waals surface area contributed by atoms with Gasteiger partial charge in [-0.3, -0.25) is 24.7 Å². The molecular weight excluding hydrogens is 1200 g/mol. The third-order valence-electron chi connectivity index (χ3n) is 17.0. The number of nitriles is 1. The Morgan fingerprint density at radius 1 is 0.554 bits per heavy atom. The number of hydrogen-bond donors (Lipinski definition) is 3. The minimum absolute atomic E-state index is 0.0101. The Balaban J connectivity index is 0.000000126. The number of nitrogens with two attached hydrogens (primary N) is 1. The van der Waals surface area contributed by atoms with Crippen LogP contribution in [0.25, 0.3) is 99.2 Å². The van der Waals surface area contributed by atoms with E-state index in [1.54, 1.807) is 56.2 Å². The van der Waals surface area contributed by atoms with Gasteiger partial charge in [0.1, 0.15) is 0 Å². The van der Waals surface area contributed by atoms with Crippen LogP contribution in [0.1, 0.15) is 53.7 Å². The maximum Gasteiger partial charge on any atom is 0.248 e. The second-order valence-corrected chi connectivity index (χ2v) is 26.2. The summed E-state index contributed by atoms with van der Waals surface area (Å²) in [5.41, 5.74) is 26.1. The third kappa shape index (κ3) is 13.0. The normalized spacial score (nSPS) is 12.5. The number of amides is 2. The van der Waals surface area contributed by atoms with Gasteiger partial charge in [0.2, 0.25) is 5.91 Å². The second-order valence-electron chi connectivity index (χ2n) is 23.0. The summed E-state index contributed by atoms with van der Waals surface area (Å²) in [6.45, 7) is 7.77. The van der Waals surface area contributed by atoms with Crippen LogP contribution in [0.4, 0.5) is 11.4 Å². The molecule has 1 saturated heterocycles. The fourth-order valence-corrected chi connectivity index (χ4v) is 14.9. The van der Waals surface area contributed by atoms with Gasteiger partial charge >= 0.3 is 189 Å². The summed E-state index contributed by atoms with van der Waals surface area (Å²) in [6.07, 6.45) is 18.9. The van der Waals surface area contributed by atoms with E-state index in [9.17, 15) is 9.59 Å². The van der Waals surface area contributed by atoms with Crippen LogP contribution in [0, 0.1) is 11.3 Å². The van der Waals surface area contributed by atoms with E-state index in [-0.39, 0.29) is 21.7 Å². The molecule has 0 atom stereocenters. The zero-order valence-corrected chi connectivity index (χ0v) is 53.4. The first-order chi connectivity index (χ1) is 44.9. The largest absolute Gasteiger partial charge is 0.381 e. The van der Waals surface area contributed by atoms with Crippen LogP contribution in [-0.4, -0.2) is 89.2 Å². The number of primary amides is 1. The van der Waals surface area contributed by atoms with Crippen molar-refractivity contribution in [3.8, 4) is 39.4 Å². The van der Waals surface area contributed by atoms with Gasteiger partial charge in [-0.2, -0.15) is 5.26 Å². The Labute approximate surface area is 539 Å². The monoisotopic (exact) mass is 1270 g/mol. The number of aromatic nitrogens is 9. The minimum Gasteiger partial charge on any atom is -0.381 e. The number of nitrogens with zero attached hydrogens (tertiary/aromatic N) is 11. The van der Waals surface area contributed by atoms with Crippen molar-refractivity contribution in [3.05, 3.63) is 236 Å². The Hall–Kier alpha value is -11.0. The van der Waals surface area contributed by atoms with Gasteiger partial charge in [-0.1, -0.05) is 36.4 Å². The number of benzene rings is 8. The van der Waals surface area contributed by atoms with Crippen molar-refractivity contribution in [2.75, 3.05) is 23.7 Å². The number of rotatable bonds is 13. The van der Waals surface area contributed by atoms with Crippen LogP contribution in [0.15, 0.2) is 213 Å². The van der Waals surface area contributed by atoms with Crippen molar-refractivity contribution in [2.24, 2.45) is 19.8 Å². The summed E-state index contributed by atoms with van der Waals surface area (Å²) < 4.78 is 8.59. The zero-order valence-electron chi connectivity index (χ0n) is 51.5. The van der Waals surface area contributed by atoms with Crippen LogP contribution in [0.5, 0.6) is 0 Å². The molecule has 0 spiro atoms. The van der Waals surface area contributed by atoms with Crippen molar-refractivity contribution in [1.82, 2.24) is 48.5 Å². The number of fused-ring (bicyclic) bond motifs is 6. The number of carbonyl (C=O) groups is 2. The molecule has 1 aliphatic rings. The average Bonchev–Trinajstić information content (AvgIpc) is 1.53. The van der Waals surface area contributed by atoms with Crippen LogP contribution < -0.4 is 20.7 Å². The molecule has 1 aliphatic heterocycles. The molecule has 0 unspecified atom stereocenters. The number of nitrogens with one attached hydrogen (secondary N) is 2. The molecule has 92 heavy (non-hydrogen) atoms. The Bertz CT molecular complexity index is 5130. The Kier molecular flexibility index (Phi) is 17.3. The summed E-state index contributed by atoms with van der Waals surface area (Å²) in [6, 6.07) is 55.9. The predicted molar refractivity (Wildman–Crippen MR) is 370 cm³/mol. The molecule has 17 heteroatoms. The molecule has 1 radical (unpaired) electrons. The molecule has 0 saturated carbocycles. The first kappa shape index (κ1) is 59.9. The van der Waals surface area contributed by atoms with Crippen LogP contribution >= 0.6 is 0 Å². The third-order valence-corrected chi connectivity index (χ3v) is 20.0. The van der Waals surface area contributed by atoms with Crippen molar-refractivity contribution in [2.45, 2.75) is 51.0 Å². The van der Waals surface area contributed by atoms with Gasteiger partial charge in [0.05, 0.1) is 33.7 Å². The van der Waals surface area contributed by atoms with E-state index in [4.69, 9.17) is 11.0 Å². The summed E-state index contributed by atoms with van der Waals surface area (Å²) in [4.78, 5) is 52.6. The van der Waals surface area contributed by atoms with Gasteiger partial charge in [-0.05, 0) is 107 Å². The molecule has 6 aromatic heterocycles. The predicted octanol–water partition coefficient (Wildman–Crippen LogP) is 13.8. The van der Waals surface area contributed by atoms with Crippen LogP contribution in [-0.2, 0) is 38.5 Å². The molecule has 1 fully saturated rings. The molecule has 2 amide bonds. The van der Waals surface area contributed by atoms with E-state index in [0.29, 0.717) is 28.9 Å². The van der Waals surface area contributed by atoms with Crippen LogP contribution in [0.3, 0.4) is 0 Å². The van der Waals surface area contributed by atoms with Gasteiger partial charge in [0.25, 0.3) is 0 Å². The number of piperidine rings is 1. The molecule has 453 valence electrons. The number of hydrogen-bond acceptors (Lipinski definition) is 11. The maximum absolute atomic E-state index is 11.6. The molecular formula is C75H66AsN14O2. The summed E-state index contributed by atoms with van der Waals surface area (Å²) in [7, 11) is 4.09. The number of aryl methyl sites for hydroxylation is 3. The van der Waals surface area contributed by atoms with Gasteiger partial charge in [0.15, 0.2) is 0 Å². The molecule has 7 heterocycles. The summed E-state index contributed by atoms with van der Waals surface area (Å²) in [5.74, 6) is -0.230. The fraction of sp³-hybridized carbons (Fsp3) is 0.160. The smallest absolute Gasteiger partial charge is 0.248 e. The molecule has 16 nitrogen and oxygen atoms in total. The van der Waals surface area contributed by atoms with Gasteiger partial charge < -0.3 is 25.5 Å². The standard InChI is InChI=1S/C25H26AsN4O.C25H21N5O.C25H19N5/c1-3-29-11-6-18-4-5-19(14-24(18)29)22-15-21(16-23-25(22)28-10-9-27-23)26-20-7-12-30(13-8-20)17(2)31;1-30-10-7-18-12-17(5-6-23(18)30)21-13-20(14-22-24(21)28-9-8-27-22)29-15-16-3-2-4-19(11-16)25(26)31;1-30-10-7-20-12-19(5-6-24(20)30)22-13-21(14-23-25(22)28-9-8-27-23)29-16-18-4-2-3-17(11-18)15-26/h4-6,9-11,14-16,20H,3,7-8,12-13H2,1-2H3;2-14,29H,15H2,1H3,(H2,26,31);2-14,29H,16H2,1H3. The average molecular weight is 1270 g/mol. The first-order valence-electron chi connectivity index (χ1n) is 30.7. The summed E-state index contributed by atoms with van der Waals surface area (Å²) in [5, 5.41) is 19.7. The first-order valence-corrected chi connectivity index (χ1v) is 32.7. The van der Waals surface area contributed by atoms with E-state index < -0.39 is 5.91 Å². The van der Waals surface area contributed by atoms with E-state index in [1.165, 1.54) is 48.2 Å². The van der Waals surface area contributed by atoms with E-state index in [2.05, 4.69) is 190 Å². The number of anilines is 2. The van der Waals surface area contributed by atoms with Gasteiger partial charge in [0, 0.05) is 114 Å². The SMILES string of the molecule is CCn1ccc2ccc(-c3cc([As]C4CCN(C(C)=O)CC4)cc4nccnc34)cc21.Cn1ccc2cc(-c3cc(NCc4cccc(C#N)c4)cc4nccnc34)ccc21.Cn1ccc2cc(-c3cc(NCc4cccc(C(N)=O)c4)cc4nccnc34)ccc21. The maximum atomic E-state index is 11.6. The number of likely N-dealkylation sites (tertiary alicyclic amines) is 1. The minimum atomic E-state index is -0.429. The van der Waals surface area contributed by atoms with E-state index in [0.717, 1.165) is 110 Å². The van der Waals surface area contributed by atoms with Gasteiger partial charge in [-0.25, -0.2) is 0 Å².